The Hall–Kier alpha value is -1.63. The highest BCUT2D eigenvalue weighted by Gasteiger charge is 2.31. The lowest BCUT2D eigenvalue weighted by atomic mass is 9.92. The number of imidazole rings is 1. The van der Waals surface area contributed by atoms with E-state index in [0.717, 1.165) is 56.7 Å². The average Bonchev–Trinajstić information content (AvgIpc) is 3.23. The van der Waals surface area contributed by atoms with Crippen molar-refractivity contribution in [1.82, 2.24) is 24.8 Å². The highest BCUT2D eigenvalue weighted by atomic mass is 35.5. The fourth-order valence-corrected chi connectivity index (χ4v) is 3.69. The van der Waals surface area contributed by atoms with E-state index in [0.29, 0.717) is 5.56 Å². The van der Waals surface area contributed by atoms with E-state index in [2.05, 4.69) is 15.3 Å². The molecular formula is C17H23Cl2N5O. The smallest absolute Gasteiger partial charge is 0.254 e. The molecule has 6 nitrogen and oxygen atoms in total. The van der Waals surface area contributed by atoms with Crippen LogP contribution >= 0.6 is 24.8 Å². The van der Waals surface area contributed by atoms with Crippen molar-refractivity contribution >= 4 is 30.7 Å². The molecule has 8 heteroatoms. The minimum absolute atomic E-state index is 0. The minimum atomic E-state index is 0. The Labute approximate surface area is 159 Å². The van der Waals surface area contributed by atoms with Crippen molar-refractivity contribution in [2.75, 3.05) is 26.2 Å². The van der Waals surface area contributed by atoms with Crippen LogP contribution in [-0.2, 0) is 0 Å². The first-order valence-electron chi connectivity index (χ1n) is 8.25. The van der Waals surface area contributed by atoms with E-state index in [4.69, 9.17) is 0 Å². The molecule has 0 spiro atoms. The molecule has 2 aromatic heterocycles. The first kappa shape index (κ1) is 19.7. The molecule has 0 radical (unpaired) electrons. The van der Waals surface area contributed by atoms with Gasteiger partial charge in [-0.1, -0.05) is 0 Å². The Morgan fingerprint density at radius 3 is 2.48 bits per heavy atom. The number of carbonyl (C=O) groups excluding carboxylic acids is 1. The van der Waals surface area contributed by atoms with Gasteiger partial charge >= 0.3 is 0 Å². The molecule has 2 aliphatic rings. The van der Waals surface area contributed by atoms with Crippen LogP contribution in [-0.4, -0.2) is 51.5 Å². The summed E-state index contributed by atoms with van der Waals surface area (Å²) in [7, 11) is 0. The monoisotopic (exact) mass is 383 g/mol. The third-order valence-corrected chi connectivity index (χ3v) is 5.07. The van der Waals surface area contributed by atoms with Gasteiger partial charge in [-0.05, 0) is 49.9 Å². The minimum Gasteiger partial charge on any atom is -0.339 e. The molecule has 0 saturated carbocycles. The number of likely N-dealkylation sites (tertiary alicyclic amines) is 1. The topological polar surface area (TPSA) is 63.1 Å². The Morgan fingerprint density at radius 2 is 1.84 bits per heavy atom. The zero-order valence-electron chi connectivity index (χ0n) is 13.9. The fourth-order valence-electron chi connectivity index (χ4n) is 3.69. The summed E-state index contributed by atoms with van der Waals surface area (Å²) < 4.78 is 1.81. The molecule has 0 unspecified atom stereocenters. The van der Waals surface area contributed by atoms with Gasteiger partial charge in [0.15, 0.2) is 0 Å². The predicted octanol–water partition coefficient (Wildman–Crippen LogP) is 2.18. The van der Waals surface area contributed by atoms with E-state index in [-0.39, 0.29) is 30.7 Å². The summed E-state index contributed by atoms with van der Waals surface area (Å²) >= 11 is 0. The van der Waals surface area contributed by atoms with Gasteiger partial charge < -0.3 is 10.2 Å². The van der Waals surface area contributed by atoms with Gasteiger partial charge in [-0.2, -0.15) is 0 Å². The van der Waals surface area contributed by atoms with Crippen LogP contribution < -0.4 is 5.32 Å². The summed E-state index contributed by atoms with van der Waals surface area (Å²) in [6, 6.07) is 3.65. The number of nitrogens with zero attached hydrogens (tertiary/aromatic N) is 4. The van der Waals surface area contributed by atoms with Gasteiger partial charge in [-0.15, -0.1) is 24.8 Å². The maximum Gasteiger partial charge on any atom is 0.254 e. The molecule has 136 valence electrons. The lowest BCUT2D eigenvalue weighted by molar-refractivity contribution is 0.0758. The standard InChI is InChI=1S/C17H21N5O.2ClH/c23-17(21-6-2-14-10-19-11-15(14)3-7-21)13-1-4-20-16(9-13)22-8-5-18-12-22;;/h1,4-5,8-9,12,14-15,19H,2-3,6-7,10-11H2;2*1H/t14-,15+;;. The van der Waals surface area contributed by atoms with E-state index in [9.17, 15) is 4.79 Å². The summed E-state index contributed by atoms with van der Waals surface area (Å²) in [5, 5.41) is 3.47. The number of hydrogen-bond donors (Lipinski definition) is 1. The number of aromatic nitrogens is 3. The molecule has 0 aromatic carbocycles. The first-order chi connectivity index (χ1) is 11.3. The molecule has 0 bridgehead atoms. The van der Waals surface area contributed by atoms with Gasteiger partial charge in [0.2, 0.25) is 0 Å². The lowest BCUT2D eigenvalue weighted by Crippen LogP contribution is -2.32. The summed E-state index contributed by atoms with van der Waals surface area (Å²) in [5.41, 5.74) is 0.703. The third-order valence-electron chi connectivity index (χ3n) is 5.07. The Kier molecular flexibility index (Phi) is 6.81. The van der Waals surface area contributed by atoms with Crippen molar-refractivity contribution in [3.8, 4) is 5.82 Å². The van der Waals surface area contributed by atoms with Crippen molar-refractivity contribution in [2.24, 2.45) is 11.8 Å². The molecule has 2 aliphatic heterocycles. The quantitative estimate of drug-likeness (QED) is 0.862. The molecule has 4 rings (SSSR count). The summed E-state index contributed by atoms with van der Waals surface area (Å²) in [6.45, 7) is 3.91. The largest absolute Gasteiger partial charge is 0.339 e. The Bertz CT molecular complexity index is 680. The van der Waals surface area contributed by atoms with E-state index >= 15 is 0 Å². The van der Waals surface area contributed by atoms with Crippen molar-refractivity contribution in [3.63, 3.8) is 0 Å². The number of carbonyl (C=O) groups is 1. The van der Waals surface area contributed by atoms with Crippen molar-refractivity contribution < 1.29 is 4.79 Å². The van der Waals surface area contributed by atoms with Crippen LogP contribution in [0.4, 0.5) is 0 Å². The number of halogens is 2. The van der Waals surface area contributed by atoms with Gasteiger partial charge in [0.1, 0.15) is 12.1 Å². The number of rotatable bonds is 2. The van der Waals surface area contributed by atoms with Crippen LogP contribution in [0.3, 0.4) is 0 Å². The van der Waals surface area contributed by atoms with E-state index in [1.54, 1.807) is 24.8 Å². The molecule has 25 heavy (non-hydrogen) atoms. The van der Waals surface area contributed by atoms with Gasteiger partial charge in [0.25, 0.3) is 5.91 Å². The number of fused-ring (bicyclic) bond motifs is 1. The number of hydrogen-bond acceptors (Lipinski definition) is 4. The van der Waals surface area contributed by atoms with Crippen LogP contribution in [0.1, 0.15) is 23.2 Å². The lowest BCUT2D eigenvalue weighted by Gasteiger charge is -2.21. The number of nitrogens with one attached hydrogen (secondary N) is 1. The molecular weight excluding hydrogens is 361 g/mol. The summed E-state index contributed by atoms with van der Waals surface area (Å²) in [4.78, 5) is 23.2. The molecule has 1 amide bonds. The second-order valence-corrected chi connectivity index (χ2v) is 6.42. The molecule has 4 heterocycles. The van der Waals surface area contributed by atoms with Gasteiger partial charge in [-0.3, -0.25) is 9.36 Å². The third kappa shape index (κ3) is 4.14. The predicted molar refractivity (Wildman–Crippen MR) is 101 cm³/mol. The summed E-state index contributed by atoms with van der Waals surface area (Å²) in [5.74, 6) is 2.30. The maximum atomic E-state index is 12.9. The van der Waals surface area contributed by atoms with Gasteiger partial charge in [0, 0.05) is 37.2 Å². The second-order valence-electron chi connectivity index (χ2n) is 6.42. The first-order valence-corrected chi connectivity index (χ1v) is 8.25. The zero-order valence-corrected chi connectivity index (χ0v) is 15.5. The number of pyridine rings is 1. The fraction of sp³-hybridized carbons (Fsp3) is 0.471. The normalized spacial score (nSPS) is 22.3. The molecule has 2 fully saturated rings. The molecule has 2 atom stereocenters. The highest BCUT2D eigenvalue weighted by Crippen LogP contribution is 2.27. The Balaban J connectivity index is 0.00000113. The zero-order chi connectivity index (χ0) is 15.6. The Morgan fingerprint density at radius 1 is 1.12 bits per heavy atom. The van der Waals surface area contributed by atoms with E-state index < -0.39 is 0 Å². The van der Waals surface area contributed by atoms with Crippen LogP contribution in [0.5, 0.6) is 0 Å². The van der Waals surface area contributed by atoms with E-state index in [1.165, 1.54) is 0 Å². The van der Waals surface area contributed by atoms with Crippen LogP contribution in [0.25, 0.3) is 5.82 Å². The average molecular weight is 384 g/mol. The second kappa shape index (κ2) is 8.65. The van der Waals surface area contributed by atoms with Crippen molar-refractivity contribution in [1.29, 1.82) is 0 Å². The van der Waals surface area contributed by atoms with E-state index in [1.807, 2.05) is 21.7 Å². The van der Waals surface area contributed by atoms with Gasteiger partial charge in [0.05, 0.1) is 0 Å². The van der Waals surface area contributed by atoms with Crippen LogP contribution in [0.15, 0.2) is 37.1 Å². The summed E-state index contributed by atoms with van der Waals surface area (Å²) in [6.07, 6.45) is 9.12. The van der Waals surface area contributed by atoms with Crippen molar-refractivity contribution in [3.05, 3.63) is 42.6 Å². The maximum absolute atomic E-state index is 12.9. The SMILES string of the molecule is Cl.Cl.O=C(c1ccnc(-n2ccnc2)c1)N1CC[C@@H]2CNC[C@@H]2CC1. The highest BCUT2D eigenvalue weighted by molar-refractivity contribution is 5.94. The number of amides is 1. The van der Waals surface area contributed by atoms with Gasteiger partial charge in [-0.25, -0.2) is 9.97 Å². The van der Waals surface area contributed by atoms with Crippen LogP contribution in [0.2, 0.25) is 0 Å². The molecule has 0 aliphatic carbocycles. The molecule has 2 saturated heterocycles. The van der Waals surface area contributed by atoms with Crippen molar-refractivity contribution in [2.45, 2.75) is 12.8 Å². The molecule has 2 aromatic rings. The molecule has 1 N–H and O–H groups in total. The van der Waals surface area contributed by atoms with Crippen LogP contribution in [0, 0.1) is 11.8 Å².